The van der Waals surface area contributed by atoms with Crippen molar-refractivity contribution in [3.63, 3.8) is 0 Å². The largest absolute Gasteiger partial charge is 0.338 e. The highest BCUT2D eigenvalue weighted by Gasteiger charge is 2.27. The van der Waals surface area contributed by atoms with Gasteiger partial charge in [0, 0.05) is 32.3 Å². The van der Waals surface area contributed by atoms with Gasteiger partial charge in [-0.3, -0.25) is 4.79 Å². The van der Waals surface area contributed by atoms with E-state index in [0.717, 1.165) is 20.8 Å². The van der Waals surface area contributed by atoms with Gasteiger partial charge in [-0.15, -0.1) is 11.3 Å². The van der Waals surface area contributed by atoms with Crippen molar-refractivity contribution in [3.8, 4) is 0 Å². The van der Waals surface area contributed by atoms with E-state index in [1.54, 1.807) is 35.2 Å². The number of benzene rings is 2. The molecule has 1 aromatic heterocycles. The molecule has 0 N–H and O–H groups in total. The Kier molecular flexibility index (Phi) is 5.99. The fourth-order valence-electron chi connectivity index (χ4n) is 3.42. The standard InChI is InChI=1S/C22H23N3O3S2/c1-17-7-9-18(10-8-17)30(27,28)25-14-4-13-24(15-16-25)22(26)12-11-21-23-19-5-2-3-6-20(19)29-21/h2-3,5-12H,4,13-16H2,1H3/b12-11+. The average molecular weight is 442 g/mol. The number of carbonyl (C=O) groups is 1. The lowest BCUT2D eigenvalue weighted by Gasteiger charge is -2.21. The number of amides is 1. The van der Waals surface area contributed by atoms with Crippen LogP contribution in [0.25, 0.3) is 16.3 Å². The highest BCUT2D eigenvalue weighted by molar-refractivity contribution is 7.89. The van der Waals surface area contributed by atoms with Gasteiger partial charge in [-0.25, -0.2) is 13.4 Å². The molecule has 0 spiro atoms. The monoisotopic (exact) mass is 441 g/mol. The summed E-state index contributed by atoms with van der Waals surface area (Å²) in [5.74, 6) is -0.121. The van der Waals surface area contributed by atoms with E-state index in [1.165, 1.54) is 21.7 Å². The van der Waals surface area contributed by atoms with Gasteiger partial charge in [0.2, 0.25) is 15.9 Å². The van der Waals surface area contributed by atoms with E-state index in [-0.39, 0.29) is 12.5 Å². The lowest BCUT2D eigenvalue weighted by molar-refractivity contribution is -0.125. The van der Waals surface area contributed by atoms with E-state index in [4.69, 9.17) is 0 Å². The summed E-state index contributed by atoms with van der Waals surface area (Å²) in [7, 11) is -3.55. The maximum absolute atomic E-state index is 12.9. The van der Waals surface area contributed by atoms with Crippen molar-refractivity contribution in [2.75, 3.05) is 26.2 Å². The van der Waals surface area contributed by atoms with Crippen LogP contribution in [-0.2, 0) is 14.8 Å². The van der Waals surface area contributed by atoms with Gasteiger partial charge in [0.25, 0.3) is 0 Å². The van der Waals surface area contributed by atoms with Crippen LogP contribution in [0, 0.1) is 6.92 Å². The molecule has 0 saturated carbocycles. The minimum Gasteiger partial charge on any atom is -0.338 e. The fourth-order valence-corrected chi connectivity index (χ4v) is 5.76. The summed E-state index contributed by atoms with van der Waals surface area (Å²) in [6.07, 6.45) is 3.87. The normalized spacial score (nSPS) is 16.2. The van der Waals surface area contributed by atoms with Crippen LogP contribution in [0.3, 0.4) is 0 Å². The molecule has 0 atom stereocenters. The zero-order valence-corrected chi connectivity index (χ0v) is 18.3. The van der Waals surface area contributed by atoms with Crippen molar-refractivity contribution in [2.24, 2.45) is 0 Å². The Balaban J connectivity index is 1.42. The summed E-state index contributed by atoms with van der Waals surface area (Å²) in [6.45, 7) is 3.52. The summed E-state index contributed by atoms with van der Waals surface area (Å²) >= 11 is 1.54. The molecule has 156 valence electrons. The first-order chi connectivity index (χ1) is 14.4. The molecule has 0 aliphatic carbocycles. The van der Waals surface area contributed by atoms with Crippen LogP contribution in [0.1, 0.15) is 17.0 Å². The molecule has 8 heteroatoms. The Hall–Kier alpha value is -2.55. The minimum atomic E-state index is -3.55. The molecule has 2 heterocycles. The third-order valence-electron chi connectivity index (χ3n) is 5.10. The van der Waals surface area contributed by atoms with Crippen molar-refractivity contribution < 1.29 is 13.2 Å². The van der Waals surface area contributed by atoms with Gasteiger partial charge in [-0.05, 0) is 43.7 Å². The van der Waals surface area contributed by atoms with Crippen LogP contribution in [0.5, 0.6) is 0 Å². The number of aryl methyl sites for hydroxylation is 1. The molecule has 6 nitrogen and oxygen atoms in total. The number of rotatable bonds is 4. The average Bonchev–Trinajstić information content (AvgIpc) is 2.98. The molecular formula is C22H23N3O3S2. The second-order valence-corrected chi connectivity index (χ2v) is 10.2. The van der Waals surface area contributed by atoms with Crippen molar-refractivity contribution in [2.45, 2.75) is 18.2 Å². The predicted octanol–water partition coefficient (Wildman–Crippen LogP) is 3.54. The molecular weight excluding hydrogens is 418 g/mol. The maximum Gasteiger partial charge on any atom is 0.246 e. The van der Waals surface area contributed by atoms with Crippen LogP contribution in [0.4, 0.5) is 0 Å². The molecule has 0 bridgehead atoms. The first-order valence-electron chi connectivity index (χ1n) is 9.83. The maximum atomic E-state index is 12.9. The highest BCUT2D eigenvalue weighted by Crippen LogP contribution is 2.23. The Labute approximate surface area is 180 Å². The number of hydrogen-bond acceptors (Lipinski definition) is 5. The Morgan fingerprint density at radius 3 is 2.57 bits per heavy atom. The number of thiazole rings is 1. The third kappa shape index (κ3) is 4.45. The first-order valence-corrected chi connectivity index (χ1v) is 12.1. The van der Waals surface area contributed by atoms with E-state index in [0.29, 0.717) is 31.0 Å². The van der Waals surface area contributed by atoms with Gasteiger partial charge in [0.05, 0.1) is 15.1 Å². The zero-order valence-electron chi connectivity index (χ0n) is 16.7. The fraction of sp³-hybridized carbons (Fsp3) is 0.273. The van der Waals surface area contributed by atoms with Gasteiger partial charge < -0.3 is 4.90 Å². The SMILES string of the molecule is Cc1ccc(S(=O)(=O)N2CCCN(C(=O)/C=C/c3nc4ccccc4s3)CC2)cc1. The molecule has 1 aliphatic rings. The van der Waals surface area contributed by atoms with E-state index in [1.807, 2.05) is 31.2 Å². The van der Waals surface area contributed by atoms with Crippen LogP contribution in [-0.4, -0.2) is 54.7 Å². The summed E-state index contributed by atoms with van der Waals surface area (Å²) in [4.78, 5) is 19.2. The minimum absolute atomic E-state index is 0.121. The van der Waals surface area contributed by atoms with Crippen LogP contribution < -0.4 is 0 Å². The number of nitrogens with zero attached hydrogens (tertiary/aromatic N) is 3. The van der Waals surface area contributed by atoms with E-state index in [2.05, 4.69) is 4.98 Å². The number of aromatic nitrogens is 1. The molecule has 2 aromatic carbocycles. The topological polar surface area (TPSA) is 70.6 Å². The summed E-state index contributed by atoms with van der Waals surface area (Å²) in [6, 6.07) is 14.7. The number of para-hydroxylation sites is 1. The quantitative estimate of drug-likeness (QED) is 0.581. The van der Waals surface area contributed by atoms with Crippen LogP contribution in [0.2, 0.25) is 0 Å². The van der Waals surface area contributed by atoms with Crippen LogP contribution in [0.15, 0.2) is 59.5 Å². The smallest absolute Gasteiger partial charge is 0.246 e. The Bertz CT molecular complexity index is 1150. The van der Waals surface area contributed by atoms with E-state index in [9.17, 15) is 13.2 Å². The summed E-state index contributed by atoms with van der Waals surface area (Å²) in [5, 5.41) is 0.781. The summed E-state index contributed by atoms with van der Waals surface area (Å²) in [5.41, 5.74) is 1.93. The van der Waals surface area contributed by atoms with Gasteiger partial charge >= 0.3 is 0 Å². The van der Waals surface area contributed by atoms with Crippen molar-refractivity contribution in [1.82, 2.24) is 14.2 Å². The van der Waals surface area contributed by atoms with Gasteiger partial charge in [0.15, 0.2) is 0 Å². The molecule has 0 radical (unpaired) electrons. The first kappa shape index (κ1) is 20.7. The molecule has 1 aliphatic heterocycles. The van der Waals surface area contributed by atoms with Gasteiger partial charge in [0.1, 0.15) is 5.01 Å². The second kappa shape index (κ2) is 8.67. The molecule has 4 rings (SSSR count). The Morgan fingerprint density at radius 1 is 1.03 bits per heavy atom. The van der Waals surface area contributed by atoms with Crippen molar-refractivity contribution in [1.29, 1.82) is 0 Å². The third-order valence-corrected chi connectivity index (χ3v) is 8.02. The molecule has 1 amide bonds. The van der Waals surface area contributed by atoms with Crippen molar-refractivity contribution >= 4 is 43.6 Å². The Morgan fingerprint density at radius 2 is 1.80 bits per heavy atom. The van der Waals surface area contributed by atoms with E-state index < -0.39 is 10.0 Å². The zero-order chi connectivity index (χ0) is 21.1. The molecule has 3 aromatic rings. The highest BCUT2D eigenvalue weighted by atomic mass is 32.2. The number of sulfonamides is 1. The van der Waals surface area contributed by atoms with Crippen molar-refractivity contribution in [3.05, 3.63) is 65.2 Å². The lowest BCUT2D eigenvalue weighted by atomic mass is 10.2. The molecule has 1 fully saturated rings. The molecule has 1 saturated heterocycles. The number of carbonyl (C=O) groups excluding carboxylic acids is 1. The van der Waals surface area contributed by atoms with Gasteiger partial charge in [-0.1, -0.05) is 29.8 Å². The number of fused-ring (bicyclic) bond motifs is 1. The molecule has 0 unspecified atom stereocenters. The lowest BCUT2D eigenvalue weighted by Crippen LogP contribution is -2.36. The van der Waals surface area contributed by atoms with E-state index >= 15 is 0 Å². The van der Waals surface area contributed by atoms with Gasteiger partial charge in [-0.2, -0.15) is 4.31 Å². The predicted molar refractivity (Wildman–Crippen MR) is 120 cm³/mol. The second-order valence-electron chi connectivity index (χ2n) is 7.25. The molecule has 30 heavy (non-hydrogen) atoms. The number of hydrogen-bond donors (Lipinski definition) is 0. The van der Waals surface area contributed by atoms with Crippen LogP contribution >= 0.6 is 11.3 Å². The summed E-state index contributed by atoms with van der Waals surface area (Å²) < 4.78 is 28.4.